The zero-order chi connectivity index (χ0) is 17.8. The van der Waals surface area contributed by atoms with Crippen molar-refractivity contribution >= 4 is 11.8 Å². The van der Waals surface area contributed by atoms with Crippen LogP contribution in [-0.2, 0) is 11.3 Å². The second-order valence-electron chi connectivity index (χ2n) is 6.15. The number of piperidine rings is 1. The molecule has 1 aliphatic heterocycles. The van der Waals surface area contributed by atoms with E-state index in [-0.39, 0.29) is 24.5 Å². The molecule has 7 nitrogen and oxygen atoms in total. The maximum absolute atomic E-state index is 13.8. The lowest BCUT2D eigenvalue weighted by Crippen LogP contribution is -2.45. The number of carbonyl (C=O) groups excluding carboxylic acids is 1. The summed E-state index contributed by atoms with van der Waals surface area (Å²) in [4.78, 5) is 14.1. The van der Waals surface area contributed by atoms with Crippen LogP contribution < -0.4 is 5.32 Å². The average molecular weight is 347 g/mol. The number of likely N-dealkylation sites (tertiary alicyclic amines) is 1. The lowest BCUT2D eigenvalue weighted by Gasteiger charge is -2.31. The fourth-order valence-corrected chi connectivity index (χ4v) is 2.91. The molecule has 2 heterocycles. The summed E-state index contributed by atoms with van der Waals surface area (Å²) in [6.07, 6.45) is 1.93. The summed E-state index contributed by atoms with van der Waals surface area (Å²) in [7, 11) is 1.66. The first kappa shape index (κ1) is 17.3. The molecule has 0 spiro atoms. The highest BCUT2D eigenvalue weighted by molar-refractivity contribution is 5.88. The van der Waals surface area contributed by atoms with E-state index < -0.39 is 0 Å². The van der Waals surface area contributed by atoms with Gasteiger partial charge in [0.15, 0.2) is 5.82 Å². The van der Waals surface area contributed by atoms with Gasteiger partial charge in [0.25, 0.3) is 0 Å². The van der Waals surface area contributed by atoms with Gasteiger partial charge in [0.1, 0.15) is 5.82 Å². The van der Waals surface area contributed by atoms with Gasteiger partial charge in [0, 0.05) is 25.8 Å². The Labute approximate surface area is 145 Å². The summed E-state index contributed by atoms with van der Waals surface area (Å²) in [5.74, 6) is 0.0998. The van der Waals surface area contributed by atoms with Crippen molar-refractivity contribution in [3.8, 4) is 0 Å². The third kappa shape index (κ3) is 3.96. The molecule has 2 amide bonds. The fourth-order valence-electron chi connectivity index (χ4n) is 2.91. The number of hydrogen-bond donors (Lipinski definition) is 1. The Morgan fingerprint density at radius 3 is 3.00 bits per heavy atom. The molecular formula is C17H22FN5O2. The fraction of sp³-hybridized carbons (Fsp3) is 0.471. The van der Waals surface area contributed by atoms with Gasteiger partial charge in [-0.3, -0.25) is 5.32 Å². The smallest absolute Gasteiger partial charge is 0.323 e. The maximum Gasteiger partial charge on any atom is 0.323 e. The minimum absolute atomic E-state index is 0.0670. The van der Waals surface area contributed by atoms with Crippen LogP contribution in [-0.4, -0.2) is 52.2 Å². The first-order valence-corrected chi connectivity index (χ1v) is 8.30. The van der Waals surface area contributed by atoms with Crippen molar-refractivity contribution in [1.29, 1.82) is 0 Å². The summed E-state index contributed by atoms with van der Waals surface area (Å²) < 4.78 is 20.7. The second kappa shape index (κ2) is 7.60. The Hall–Kier alpha value is -2.48. The molecule has 1 fully saturated rings. The number of rotatable bonds is 4. The van der Waals surface area contributed by atoms with E-state index >= 15 is 0 Å². The summed E-state index contributed by atoms with van der Waals surface area (Å²) in [5, 5.41) is 10.8. The van der Waals surface area contributed by atoms with Crippen LogP contribution >= 0.6 is 0 Å². The maximum atomic E-state index is 13.8. The van der Waals surface area contributed by atoms with Crippen molar-refractivity contribution < 1.29 is 13.9 Å². The zero-order valence-corrected chi connectivity index (χ0v) is 14.4. The Balaban J connectivity index is 1.67. The van der Waals surface area contributed by atoms with Gasteiger partial charge >= 0.3 is 6.03 Å². The molecule has 1 unspecified atom stereocenters. The minimum atomic E-state index is -0.290. The number of carbonyl (C=O) groups is 1. The van der Waals surface area contributed by atoms with Crippen LogP contribution in [0.5, 0.6) is 0 Å². The van der Waals surface area contributed by atoms with Crippen LogP contribution in [0.25, 0.3) is 0 Å². The van der Waals surface area contributed by atoms with Gasteiger partial charge in [-0.2, -0.15) is 0 Å². The summed E-state index contributed by atoms with van der Waals surface area (Å²) in [6, 6.07) is 6.31. The number of ether oxygens (including phenoxy) is 1. The average Bonchev–Trinajstić information content (AvgIpc) is 2.97. The molecule has 1 aromatic heterocycles. The molecule has 1 N–H and O–H groups in total. The van der Waals surface area contributed by atoms with Crippen LogP contribution in [0, 0.1) is 12.7 Å². The Morgan fingerprint density at radius 2 is 2.24 bits per heavy atom. The standard InChI is InChI=1S/C17H22FN5O2/c1-12-16(19-17(24)22-9-5-7-14(11-22)25-2)20-21-23(12)10-13-6-3-4-8-15(13)18/h3-4,6,8,14H,5,7,9-11H2,1-2H3,(H,19,24). The van der Waals surface area contributed by atoms with Crippen LogP contribution in [0.2, 0.25) is 0 Å². The topological polar surface area (TPSA) is 72.3 Å². The number of nitrogens with one attached hydrogen (secondary N) is 1. The number of methoxy groups -OCH3 is 1. The lowest BCUT2D eigenvalue weighted by molar-refractivity contribution is 0.0458. The van der Waals surface area contributed by atoms with E-state index in [4.69, 9.17) is 4.74 Å². The summed E-state index contributed by atoms with van der Waals surface area (Å²) in [5.41, 5.74) is 1.20. The van der Waals surface area contributed by atoms with E-state index in [0.717, 1.165) is 12.8 Å². The van der Waals surface area contributed by atoms with Gasteiger partial charge < -0.3 is 9.64 Å². The number of nitrogens with zero attached hydrogens (tertiary/aromatic N) is 4. The number of urea groups is 1. The summed E-state index contributed by atoms with van der Waals surface area (Å²) >= 11 is 0. The number of benzene rings is 1. The molecule has 2 aromatic rings. The molecule has 0 aliphatic carbocycles. The largest absolute Gasteiger partial charge is 0.380 e. The van der Waals surface area contributed by atoms with Crippen molar-refractivity contribution in [1.82, 2.24) is 19.9 Å². The molecule has 8 heteroatoms. The molecule has 1 atom stereocenters. The lowest BCUT2D eigenvalue weighted by atomic mass is 10.1. The first-order valence-electron chi connectivity index (χ1n) is 8.30. The van der Waals surface area contributed by atoms with Crippen LogP contribution in [0.3, 0.4) is 0 Å². The first-order chi connectivity index (χ1) is 12.1. The molecule has 1 saturated heterocycles. The molecular weight excluding hydrogens is 325 g/mol. The number of anilines is 1. The molecule has 0 radical (unpaired) electrons. The third-order valence-electron chi connectivity index (χ3n) is 4.48. The van der Waals surface area contributed by atoms with Crippen molar-refractivity contribution in [3.63, 3.8) is 0 Å². The van der Waals surface area contributed by atoms with E-state index in [0.29, 0.717) is 30.2 Å². The predicted molar refractivity (Wildman–Crippen MR) is 90.9 cm³/mol. The van der Waals surface area contributed by atoms with Gasteiger partial charge in [0.2, 0.25) is 0 Å². The molecule has 1 aromatic carbocycles. The normalized spacial score (nSPS) is 17.6. The van der Waals surface area contributed by atoms with Crippen molar-refractivity contribution in [2.24, 2.45) is 0 Å². The van der Waals surface area contributed by atoms with Gasteiger partial charge in [-0.1, -0.05) is 23.4 Å². The highest BCUT2D eigenvalue weighted by atomic mass is 19.1. The van der Waals surface area contributed by atoms with Gasteiger partial charge in [-0.25, -0.2) is 13.9 Å². The molecule has 0 saturated carbocycles. The van der Waals surface area contributed by atoms with Crippen LogP contribution in [0.1, 0.15) is 24.1 Å². The van der Waals surface area contributed by atoms with Crippen molar-refractivity contribution in [3.05, 3.63) is 41.3 Å². The molecule has 3 rings (SSSR count). The number of hydrogen-bond acceptors (Lipinski definition) is 4. The third-order valence-corrected chi connectivity index (χ3v) is 4.48. The number of aromatic nitrogens is 3. The minimum Gasteiger partial charge on any atom is -0.380 e. The zero-order valence-electron chi connectivity index (χ0n) is 14.4. The van der Waals surface area contributed by atoms with Crippen molar-refractivity contribution in [2.45, 2.75) is 32.4 Å². The van der Waals surface area contributed by atoms with E-state index in [1.807, 2.05) is 0 Å². The quantitative estimate of drug-likeness (QED) is 0.922. The SMILES string of the molecule is COC1CCCN(C(=O)Nc2nnn(Cc3ccccc3F)c2C)C1. The van der Waals surface area contributed by atoms with Crippen molar-refractivity contribution in [2.75, 3.05) is 25.5 Å². The molecule has 25 heavy (non-hydrogen) atoms. The molecule has 0 bridgehead atoms. The highest BCUT2D eigenvalue weighted by Gasteiger charge is 2.24. The van der Waals surface area contributed by atoms with Gasteiger partial charge in [-0.05, 0) is 25.8 Å². The van der Waals surface area contributed by atoms with E-state index in [9.17, 15) is 9.18 Å². The Kier molecular flexibility index (Phi) is 5.28. The highest BCUT2D eigenvalue weighted by Crippen LogP contribution is 2.17. The van der Waals surface area contributed by atoms with Crippen LogP contribution in [0.4, 0.5) is 15.0 Å². The summed E-state index contributed by atoms with van der Waals surface area (Å²) in [6.45, 7) is 3.31. The monoisotopic (exact) mass is 347 g/mol. The van der Waals surface area contributed by atoms with E-state index in [1.165, 1.54) is 6.07 Å². The van der Waals surface area contributed by atoms with Gasteiger partial charge in [-0.15, -0.1) is 5.10 Å². The number of amides is 2. The molecule has 134 valence electrons. The van der Waals surface area contributed by atoms with Crippen LogP contribution in [0.15, 0.2) is 24.3 Å². The Bertz CT molecular complexity index is 748. The second-order valence-corrected chi connectivity index (χ2v) is 6.15. The van der Waals surface area contributed by atoms with E-state index in [2.05, 4.69) is 15.6 Å². The van der Waals surface area contributed by atoms with Gasteiger partial charge in [0.05, 0.1) is 18.3 Å². The number of halogens is 1. The Morgan fingerprint density at radius 1 is 1.44 bits per heavy atom. The van der Waals surface area contributed by atoms with E-state index in [1.54, 1.807) is 41.8 Å². The predicted octanol–water partition coefficient (Wildman–Crippen LogP) is 2.42. The molecule has 1 aliphatic rings.